The summed E-state index contributed by atoms with van der Waals surface area (Å²) < 4.78 is 0. The molecule has 4 heteroatoms. The van der Waals surface area contributed by atoms with Crippen molar-refractivity contribution < 1.29 is 14.7 Å². The Hall–Kier alpha value is -3.40. The Morgan fingerprint density at radius 3 is 1.73 bits per heavy atom. The quantitative estimate of drug-likeness (QED) is 0.713. The van der Waals surface area contributed by atoms with Gasteiger partial charge in [-0.2, -0.15) is 0 Å². The molecule has 0 unspecified atom stereocenters. The third kappa shape index (κ3) is 4.16. The average molecular weight is 345 g/mol. The number of carbonyl (C=O) groups is 2. The van der Waals surface area contributed by atoms with Gasteiger partial charge in [0.1, 0.15) is 0 Å². The van der Waals surface area contributed by atoms with E-state index in [0.717, 1.165) is 16.7 Å². The van der Waals surface area contributed by atoms with Crippen LogP contribution in [0.5, 0.6) is 0 Å². The third-order valence-corrected chi connectivity index (χ3v) is 4.20. The fourth-order valence-corrected chi connectivity index (χ4v) is 2.84. The van der Waals surface area contributed by atoms with Gasteiger partial charge in [0.2, 0.25) is 5.91 Å². The van der Waals surface area contributed by atoms with Crippen LogP contribution in [0.2, 0.25) is 0 Å². The van der Waals surface area contributed by atoms with Crippen molar-refractivity contribution in [3.8, 4) is 0 Å². The summed E-state index contributed by atoms with van der Waals surface area (Å²) in [6.45, 7) is 0.342. The average Bonchev–Trinajstić information content (AvgIpc) is 2.68. The first-order chi connectivity index (χ1) is 12.6. The molecule has 3 rings (SSSR count). The van der Waals surface area contributed by atoms with Gasteiger partial charge in [-0.15, -0.1) is 0 Å². The molecule has 0 aliphatic heterocycles. The molecule has 0 heterocycles. The van der Waals surface area contributed by atoms with Crippen LogP contribution in [0.3, 0.4) is 0 Å². The molecular weight excluding hydrogens is 326 g/mol. The second kappa shape index (κ2) is 8.12. The van der Waals surface area contributed by atoms with Crippen molar-refractivity contribution in [1.82, 2.24) is 5.32 Å². The number of benzene rings is 3. The first kappa shape index (κ1) is 17.4. The van der Waals surface area contributed by atoms with Crippen LogP contribution in [-0.2, 0) is 11.3 Å². The monoisotopic (exact) mass is 345 g/mol. The minimum Gasteiger partial charge on any atom is -0.478 e. The van der Waals surface area contributed by atoms with Crippen molar-refractivity contribution in [1.29, 1.82) is 0 Å². The van der Waals surface area contributed by atoms with Crippen LogP contribution in [0.15, 0.2) is 84.9 Å². The zero-order chi connectivity index (χ0) is 18.4. The first-order valence-corrected chi connectivity index (χ1v) is 8.35. The molecule has 0 fully saturated rings. The van der Waals surface area contributed by atoms with Gasteiger partial charge >= 0.3 is 5.97 Å². The fourth-order valence-electron chi connectivity index (χ4n) is 2.84. The lowest BCUT2D eigenvalue weighted by Crippen LogP contribution is -2.29. The largest absolute Gasteiger partial charge is 0.478 e. The lowest BCUT2D eigenvalue weighted by Gasteiger charge is -2.18. The van der Waals surface area contributed by atoms with Crippen LogP contribution < -0.4 is 5.32 Å². The minimum atomic E-state index is -0.964. The summed E-state index contributed by atoms with van der Waals surface area (Å²) in [5.41, 5.74) is 2.93. The molecule has 0 aliphatic rings. The zero-order valence-electron chi connectivity index (χ0n) is 14.1. The molecule has 4 nitrogen and oxygen atoms in total. The Bertz CT molecular complexity index is 835. The molecule has 3 aromatic rings. The molecule has 3 aromatic carbocycles. The van der Waals surface area contributed by atoms with Crippen LogP contribution in [0.25, 0.3) is 0 Å². The normalized spacial score (nSPS) is 10.5. The molecule has 26 heavy (non-hydrogen) atoms. The highest BCUT2D eigenvalue weighted by atomic mass is 16.4. The SMILES string of the molecule is O=C(O)c1ccc(CNC(=O)C(c2ccccc2)c2ccccc2)cc1. The van der Waals surface area contributed by atoms with Crippen molar-refractivity contribution in [3.05, 3.63) is 107 Å². The van der Waals surface area contributed by atoms with Crippen molar-refractivity contribution in [2.45, 2.75) is 12.5 Å². The molecule has 0 bridgehead atoms. The number of hydrogen-bond acceptors (Lipinski definition) is 2. The topological polar surface area (TPSA) is 66.4 Å². The van der Waals surface area contributed by atoms with Gasteiger partial charge in [0.05, 0.1) is 11.5 Å². The van der Waals surface area contributed by atoms with Crippen molar-refractivity contribution in [3.63, 3.8) is 0 Å². The van der Waals surface area contributed by atoms with Crippen LogP contribution in [0, 0.1) is 0 Å². The van der Waals surface area contributed by atoms with E-state index in [1.54, 1.807) is 12.1 Å². The molecule has 0 atom stereocenters. The van der Waals surface area contributed by atoms with Crippen molar-refractivity contribution >= 4 is 11.9 Å². The molecule has 130 valence electrons. The van der Waals surface area contributed by atoms with Gasteiger partial charge in [0, 0.05) is 6.54 Å². The standard InChI is InChI=1S/C22H19NO3/c24-21(23-15-16-11-13-19(14-12-16)22(25)26)20(17-7-3-1-4-8-17)18-9-5-2-6-10-18/h1-14,20H,15H2,(H,23,24)(H,25,26). The summed E-state index contributed by atoms with van der Waals surface area (Å²) in [5.74, 6) is -1.45. The first-order valence-electron chi connectivity index (χ1n) is 8.35. The van der Waals surface area contributed by atoms with E-state index in [2.05, 4.69) is 5.32 Å². The van der Waals surface area contributed by atoms with Crippen molar-refractivity contribution in [2.75, 3.05) is 0 Å². The molecule has 0 spiro atoms. The van der Waals surface area contributed by atoms with E-state index in [4.69, 9.17) is 5.11 Å². The number of carboxylic acid groups (broad SMARTS) is 1. The zero-order valence-corrected chi connectivity index (χ0v) is 14.1. The Morgan fingerprint density at radius 2 is 1.27 bits per heavy atom. The summed E-state index contributed by atoms with van der Waals surface area (Å²) >= 11 is 0. The number of amides is 1. The number of nitrogens with one attached hydrogen (secondary N) is 1. The second-order valence-corrected chi connectivity index (χ2v) is 5.97. The molecule has 0 saturated carbocycles. The molecule has 2 N–H and O–H groups in total. The van der Waals surface area contributed by atoms with E-state index >= 15 is 0 Å². The Labute approximate surface area is 152 Å². The number of carboxylic acids is 1. The summed E-state index contributed by atoms with van der Waals surface area (Å²) in [6.07, 6.45) is 0. The van der Waals surface area contributed by atoms with Gasteiger partial charge in [-0.3, -0.25) is 4.79 Å². The molecule has 1 amide bonds. The molecule has 0 aliphatic carbocycles. The highest BCUT2D eigenvalue weighted by Gasteiger charge is 2.22. The lowest BCUT2D eigenvalue weighted by molar-refractivity contribution is -0.121. The van der Waals surface area contributed by atoms with E-state index in [9.17, 15) is 9.59 Å². The third-order valence-electron chi connectivity index (χ3n) is 4.20. The summed E-state index contributed by atoms with van der Waals surface area (Å²) in [4.78, 5) is 23.8. The molecule has 0 saturated heterocycles. The Balaban J connectivity index is 1.77. The van der Waals surface area contributed by atoms with E-state index in [1.807, 2.05) is 60.7 Å². The summed E-state index contributed by atoms with van der Waals surface area (Å²) in [6, 6.07) is 25.8. The van der Waals surface area contributed by atoms with Gasteiger partial charge in [-0.25, -0.2) is 4.79 Å². The van der Waals surface area contributed by atoms with Gasteiger partial charge in [0.15, 0.2) is 0 Å². The van der Waals surface area contributed by atoms with Crippen LogP contribution >= 0.6 is 0 Å². The van der Waals surface area contributed by atoms with Gasteiger partial charge < -0.3 is 10.4 Å². The summed E-state index contributed by atoms with van der Waals surface area (Å²) in [5, 5.41) is 11.9. The molecular formula is C22H19NO3. The maximum Gasteiger partial charge on any atom is 0.335 e. The number of hydrogen-bond donors (Lipinski definition) is 2. The Kier molecular flexibility index (Phi) is 5.44. The predicted molar refractivity (Wildman–Crippen MR) is 100.0 cm³/mol. The van der Waals surface area contributed by atoms with Gasteiger partial charge in [0.25, 0.3) is 0 Å². The maximum absolute atomic E-state index is 12.9. The highest BCUT2D eigenvalue weighted by Crippen LogP contribution is 2.24. The van der Waals surface area contributed by atoms with Crippen LogP contribution in [0.4, 0.5) is 0 Å². The number of carbonyl (C=O) groups excluding carboxylic acids is 1. The molecule has 0 aromatic heterocycles. The Morgan fingerprint density at radius 1 is 0.769 bits per heavy atom. The lowest BCUT2D eigenvalue weighted by atomic mass is 9.90. The molecule has 0 radical (unpaired) electrons. The van der Waals surface area contributed by atoms with Crippen molar-refractivity contribution in [2.24, 2.45) is 0 Å². The number of rotatable bonds is 6. The number of aromatic carboxylic acids is 1. The minimum absolute atomic E-state index is 0.0929. The second-order valence-electron chi connectivity index (χ2n) is 5.97. The van der Waals surface area contributed by atoms with Crippen LogP contribution in [-0.4, -0.2) is 17.0 Å². The summed E-state index contributed by atoms with van der Waals surface area (Å²) in [7, 11) is 0. The van der Waals surface area contributed by atoms with Gasteiger partial charge in [-0.05, 0) is 28.8 Å². The van der Waals surface area contributed by atoms with E-state index in [0.29, 0.717) is 6.54 Å². The van der Waals surface area contributed by atoms with Crippen LogP contribution in [0.1, 0.15) is 33.0 Å². The van der Waals surface area contributed by atoms with Gasteiger partial charge in [-0.1, -0.05) is 72.8 Å². The smallest absolute Gasteiger partial charge is 0.335 e. The highest BCUT2D eigenvalue weighted by molar-refractivity contribution is 5.88. The maximum atomic E-state index is 12.9. The van der Waals surface area contributed by atoms with E-state index in [-0.39, 0.29) is 11.5 Å². The van der Waals surface area contributed by atoms with E-state index < -0.39 is 11.9 Å². The fraction of sp³-hybridized carbons (Fsp3) is 0.0909. The van der Waals surface area contributed by atoms with E-state index in [1.165, 1.54) is 12.1 Å². The predicted octanol–water partition coefficient (Wildman–Crippen LogP) is 3.83.